The number of hydrogen-bond donors (Lipinski definition) is 3. The second kappa shape index (κ2) is 5.69. The van der Waals surface area contributed by atoms with Gasteiger partial charge in [-0.1, -0.05) is 6.92 Å². The van der Waals surface area contributed by atoms with Gasteiger partial charge >= 0.3 is 12.0 Å². The molecular formula is C10H18N2O4. The maximum Gasteiger partial charge on any atom is 0.326 e. The Hall–Kier alpha value is -1.30. The van der Waals surface area contributed by atoms with E-state index >= 15 is 0 Å². The molecule has 0 aromatic heterocycles. The molecule has 2 amide bonds. The van der Waals surface area contributed by atoms with E-state index < -0.39 is 12.0 Å². The molecule has 0 radical (unpaired) electrons. The van der Waals surface area contributed by atoms with Crippen LogP contribution in [0, 0.1) is 5.92 Å². The molecule has 1 aliphatic rings. The van der Waals surface area contributed by atoms with Crippen molar-refractivity contribution in [1.82, 2.24) is 10.2 Å². The SMILES string of the molecule is CC1CCN(C(=O)NC(CCO)C(=O)O)C1. The van der Waals surface area contributed by atoms with E-state index in [9.17, 15) is 9.59 Å². The van der Waals surface area contributed by atoms with Crippen molar-refractivity contribution in [1.29, 1.82) is 0 Å². The topological polar surface area (TPSA) is 89.9 Å². The number of carbonyl (C=O) groups excluding carboxylic acids is 1. The Labute approximate surface area is 94.2 Å². The van der Waals surface area contributed by atoms with Gasteiger partial charge in [-0.15, -0.1) is 0 Å². The molecule has 0 spiro atoms. The van der Waals surface area contributed by atoms with Crippen molar-refractivity contribution in [2.45, 2.75) is 25.8 Å². The number of hydrogen-bond acceptors (Lipinski definition) is 3. The first-order chi connectivity index (χ1) is 7.54. The molecule has 1 rings (SSSR count). The van der Waals surface area contributed by atoms with E-state index in [1.54, 1.807) is 4.90 Å². The lowest BCUT2D eigenvalue weighted by Crippen LogP contribution is -2.47. The minimum Gasteiger partial charge on any atom is -0.480 e. The molecule has 3 N–H and O–H groups in total. The van der Waals surface area contributed by atoms with E-state index in [0.717, 1.165) is 6.42 Å². The zero-order valence-corrected chi connectivity index (χ0v) is 9.35. The average molecular weight is 230 g/mol. The predicted molar refractivity (Wildman–Crippen MR) is 57.0 cm³/mol. The minimum absolute atomic E-state index is 0.0322. The number of carboxylic acid groups (broad SMARTS) is 1. The van der Waals surface area contributed by atoms with Crippen molar-refractivity contribution in [3.63, 3.8) is 0 Å². The molecule has 1 aliphatic heterocycles. The lowest BCUT2D eigenvalue weighted by atomic mass is 10.2. The number of urea groups is 1. The second-order valence-electron chi connectivity index (χ2n) is 4.19. The summed E-state index contributed by atoms with van der Waals surface area (Å²) < 4.78 is 0. The second-order valence-corrected chi connectivity index (χ2v) is 4.19. The van der Waals surface area contributed by atoms with Crippen molar-refractivity contribution in [2.75, 3.05) is 19.7 Å². The molecule has 92 valence electrons. The Balaban J connectivity index is 2.45. The van der Waals surface area contributed by atoms with Gasteiger partial charge < -0.3 is 20.4 Å². The van der Waals surface area contributed by atoms with E-state index in [0.29, 0.717) is 19.0 Å². The summed E-state index contributed by atoms with van der Waals surface area (Å²) in [5.74, 6) is -0.651. The zero-order chi connectivity index (χ0) is 12.1. The maximum absolute atomic E-state index is 11.7. The van der Waals surface area contributed by atoms with Crippen molar-refractivity contribution >= 4 is 12.0 Å². The minimum atomic E-state index is -1.12. The third-order valence-corrected chi connectivity index (χ3v) is 2.72. The Morgan fingerprint density at radius 1 is 1.56 bits per heavy atom. The largest absolute Gasteiger partial charge is 0.480 e. The number of rotatable bonds is 4. The number of nitrogens with one attached hydrogen (secondary N) is 1. The predicted octanol–water partition coefficient (Wildman–Crippen LogP) is -0.127. The number of carboxylic acids is 1. The van der Waals surface area contributed by atoms with Gasteiger partial charge in [-0.3, -0.25) is 0 Å². The van der Waals surface area contributed by atoms with Crippen LogP contribution in [0.1, 0.15) is 19.8 Å². The smallest absolute Gasteiger partial charge is 0.326 e. The van der Waals surface area contributed by atoms with Crippen molar-refractivity contribution in [2.24, 2.45) is 5.92 Å². The van der Waals surface area contributed by atoms with Crippen LogP contribution < -0.4 is 5.32 Å². The van der Waals surface area contributed by atoms with Crippen molar-refractivity contribution < 1.29 is 19.8 Å². The number of carbonyl (C=O) groups is 2. The Bertz CT molecular complexity index is 270. The summed E-state index contributed by atoms with van der Waals surface area (Å²) in [5.41, 5.74) is 0. The molecule has 2 unspecified atom stereocenters. The normalized spacial score (nSPS) is 21.9. The van der Waals surface area contributed by atoms with E-state index in [2.05, 4.69) is 12.2 Å². The number of nitrogens with zero attached hydrogens (tertiary/aromatic N) is 1. The van der Waals surface area contributed by atoms with Gasteiger partial charge in [-0.05, 0) is 12.3 Å². The number of likely N-dealkylation sites (tertiary alicyclic amines) is 1. The molecule has 0 aromatic carbocycles. The summed E-state index contributed by atoms with van der Waals surface area (Å²) in [7, 11) is 0. The first kappa shape index (κ1) is 12.8. The standard InChI is InChI=1S/C10H18N2O4/c1-7-2-4-12(6-7)10(16)11-8(3-5-13)9(14)15/h7-8,13H,2-6H2,1H3,(H,11,16)(H,14,15). The third-order valence-electron chi connectivity index (χ3n) is 2.72. The number of aliphatic hydroxyl groups is 1. The van der Waals surface area contributed by atoms with Gasteiger partial charge in [0.2, 0.25) is 0 Å². The Morgan fingerprint density at radius 2 is 2.25 bits per heavy atom. The first-order valence-electron chi connectivity index (χ1n) is 5.43. The van der Waals surface area contributed by atoms with E-state index in [-0.39, 0.29) is 19.1 Å². The lowest BCUT2D eigenvalue weighted by molar-refractivity contribution is -0.139. The van der Waals surface area contributed by atoms with Crippen LogP contribution in [0.15, 0.2) is 0 Å². The first-order valence-corrected chi connectivity index (χ1v) is 5.43. The molecule has 0 bridgehead atoms. The van der Waals surface area contributed by atoms with Crippen LogP contribution in [-0.2, 0) is 4.79 Å². The van der Waals surface area contributed by atoms with Crippen LogP contribution in [0.25, 0.3) is 0 Å². The van der Waals surface area contributed by atoms with Crippen LogP contribution in [0.5, 0.6) is 0 Å². The number of aliphatic carboxylic acids is 1. The number of aliphatic hydroxyl groups excluding tert-OH is 1. The van der Waals surface area contributed by atoms with E-state index in [1.165, 1.54) is 0 Å². The molecule has 0 aliphatic carbocycles. The van der Waals surface area contributed by atoms with Gasteiger partial charge in [0.1, 0.15) is 6.04 Å². The monoisotopic (exact) mass is 230 g/mol. The van der Waals surface area contributed by atoms with Crippen LogP contribution in [-0.4, -0.2) is 52.9 Å². The molecular weight excluding hydrogens is 212 g/mol. The fourth-order valence-corrected chi connectivity index (χ4v) is 1.75. The van der Waals surface area contributed by atoms with Gasteiger partial charge in [0.05, 0.1) is 0 Å². The highest BCUT2D eigenvalue weighted by molar-refractivity contribution is 5.82. The van der Waals surface area contributed by atoms with Gasteiger partial charge in [-0.25, -0.2) is 9.59 Å². The van der Waals surface area contributed by atoms with Gasteiger partial charge in [0, 0.05) is 26.1 Å². The van der Waals surface area contributed by atoms with E-state index in [4.69, 9.17) is 10.2 Å². The fourth-order valence-electron chi connectivity index (χ4n) is 1.75. The van der Waals surface area contributed by atoms with Gasteiger partial charge in [-0.2, -0.15) is 0 Å². The van der Waals surface area contributed by atoms with E-state index in [1.807, 2.05) is 0 Å². The van der Waals surface area contributed by atoms with Gasteiger partial charge in [0.15, 0.2) is 0 Å². The lowest BCUT2D eigenvalue weighted by Gasteiger charge is -2.20. The fraction of sp³-hybridized carbons (Fsp3) is 0.800. The summed E-state index contributed by atoms with van der Waals surface area (Å²) in [6, 6.07) is -1.36. The summed E-state index contributed by atoms with van der Waals surface area (Å²) >= 11 is 0. The summed E-state index contributed by atoms with van der Waals surface area (Å²) in [4.78, 5) is 24.0. The molecule has 6 heteroatoms. The molecule has 2 atom stereocenters. The highest BCUT2D eigenvalue weighted by atomic mass is 16.4. The average Bonchev–Trinajstić information content (AvgIpc) is 2.64. The molecule has 1 saturated heterocycles. The van der Waals surface area contributed by atoms with Crippen molar-refractivity contribution in [3.05, 3.63) is 0 Å². The Kier molecular flexibility index (Phi) is 4.54. The summed E-state index contributed by atoms with van der Waals surface area (Å²) in [6.45, 7) is 3.12. The molecule has 0 aromatic rings. The highest BCUT2D eigenvalue weighted by Crippen LogP contribution is 2.14. The van der Waals surface area contributed by atoms with Crippen LogP contribution in [0.4, 0.5) is 4.79 Å². The van der Waals surface area contributed by atoms with Crippen LogP contribution in [0.3, 0.4) is 0 Å². The Morgan fingerprint density at radius 3 is 2.69 bits per heavy atom. The molecule has 6 nitrogen and oxygen atoms in total. The van der Waals surface area contributed by atoms with Crippen LogP contribution >= 0.6 is 0 Å². The molecule has 0 saturated carbocycles. The van der Waals surface area contributed by atoms with Crippen LogP contribution in [0.2, 0.25) is 0 Å². The molecule has 1 heterocycles. The summed E-state index contributed by atoms with van der Waals surface area (Å²) in [5, 5.41) is 19.9. The molecule has 1 fully saturated rings. The summed E-state index contributed by atoms with van der Waals surface area (Å²) in [6.07, 6.45) is 0.982. The van der Waals surface area contributed by atoms with Gasteiger partial charge in [0.25, 0.3) is 0 Å². The quantitative estimate of drug-likeness (QED) is 0.627. The third kappa shape index (κ3) is 3.37. The van der Waals surface area contributed by atoms with Crippen molar-refractivity contribution in [3.8, 4) is 0 Å². The highest BCUT2D eigenvalue weighted by Gasteiger charge is 2.26. The number of amides is 2. The zero-order valence-electron chi connectivity index (χ0n) is 9.35. The molecule has 16 heavy (non-hydrogen) atoms. The maximum atomic E-state index is 11.7.